The van der Waals surface area contributed by atoms with E-state index in [0.717, 1.165) is 64.2 Å². The molecule has 0 aromatic rings. The molecule has 0 aromatic carbocycles. The number of hydrogen-bond donors (Lipinski definition) is 7. The Morgan fingerprint density at radius 2 is 0.984 bits per heavy atom. The third-order valence-corrected chi connectivity index (χ3v) is 12.5. The van der Waals surface area contributed by atoms with E-state index in [9.17, 15) is 48.8 Å². The molecule has 8 atom stereocenters. The van der Waals surface area contributed by atoms with E-state index in [0.29, 0.717) is 25.7 Å². The third-order valence-electron chi connectivity index (χ3n) is 11.0. The molecule has 1 saturated carbocycles. The van der Waals surface area contributed by atoms with Crippen LogP contribution in [0.1, 0.15) is 187 Å². The van der Waals surface area contributed by atoms with Gasteiger partial charge in [-0.25, -0.2) is 9.13 Å². The summed E-state index contributed by atoms with van der Waals surface area (Å²) in [5, 5.41) is 41.2. The lowest BCUT2D eigenvalue weighted by Gasteiger charge is -2.43. The van der Waals surface area contributed by atoms with E-state index in [4.69, 9.17) is 28.3 Å². The number of ketones is 1. The first kappa shape index (κ1) is 60.2. The van der Waals surface area contributed by atoms with Crippen LogP contribution in [0.15, 0.2) is 24.3 Å². The highest BCUT2D eigenvalue weighted by Gasteiger charge is 2.54. The van der Waals surface area contributed by atoms with Gasteiger partial charge in [-0.15, -0.1) is 0 Å². The number of esters is 2. The fraction of sp³-hybridized carbons (Fsp3) is 0.844. The van der Waals surface area contributed by atoms with Gasteiger partial charge in [0.25, 0.3) is 0 Å². The van der Waals surface area contributed by atoms with Crippen molar-refractivity contribution < 1.29 is 81.7 Å². The van der Waals surface area contributed by atoms with Crippen LogP contribution >= 0.6 is 15.6 Å². The number of hydrogen-bond acceptors (Lipinski definition) is 14. The monoisotopic (exact) mass is 957 g/mol. The molecule has 19 heteroatoms. The second-order valence-corrected chi connectivity index (χ2v) is 19.5. The number of ether oxygens (including phenoxy) is 2. The van der Waals surface area contributed by atoms with Gasteiger partial charge in [-0.05, 0) is 38.2 Å². The van der Waals surface area contributed by atoms with E-state index >= 15 is 0 Å². The minimum absolute atomic E-state index is 0.0235. The quantitative estimate of drug-likeness (QED) is 0.0100. The van der Waals surface area contributed by atoms with Gasteiger partial charge in [0.2, 0.25) is 0 Å². The summed E-state index contributed by atoms with van der Waals surface area (Å²) in [4.78, 5) is 66.3. The highest BCUT2D eigenvalue weighted by molar-refractivity contribution is 7.47. The van der Waals surface area contributed by atoms with E-state index in [1.54, 1.807) is 12.2 Å². The van der Waals surface area contributed by atoms with Gasteiger partial charge in [-0.3, -0.25) is 28.0 Å². The van der Waals surface area contributed by atoms with E-state index in [1.165, 1.54) is 70.6 Å². The largest absolute Gasteiger partial charge is 0.472 e. The molecule has 1 fully saturated rings. The average molecular weight is 957 g/mol. The minimum atomic E-state index is -5.37. The first-order valence-electron chi connectivity index (χ1n) is 23.8. The molecule has 5 unspecified atom stereocenters. The van der Waals surface area contributed by atoms with E-state index < -0.39 is 83.5 Å². The van der Waals surface area contributed by atoms with Gasteiger partial charge in [-0.2, -0.15) is 0 Å². The van der Waals surface area contributed by atoms with Crippen molar-refractivity contribution in [2.24, 2.45) is 0 Å². The summed E-state index contributed by atoms with van der Waals surface area (Å²) < 4.78 is 49.3. The Hall–Kier alpha value is -1.85. The Balaban J connectivity index is 2.62. The molecule has 1 aliphatic carbocycles. The zero-order valence-electron chi connectivity index (χ0n) is 38.5. The highest BCUT2D eigenvalue weighted by Crippen LogP contribution is 2.49. The molecule has 0 radical (unpaired) electrons. The Labute approximate surface area is 381 Å². The van der Waals surface area contributed by atoms with Crippen LogP contribution in [-0.4, -0.2) is 109 Å². The van der Waals surface area contributed by atoms with Gasteiger partial charge >= 0.3 is 27.6 Å². The van der Waals surface area contributed by atoms with Crippen molar-refractivity contribution in [3.8, 4) is 0 Å². The molecule has 0 aromatic heterocycles. The van der Waals surface area contributed by atoms with Crippen molar-refractivity contribution in [1.82, 2.24) is 0 Å². The molecule has 0 bridgehead atoms. The van der Waals surface area contributed by atoms with Gasteiger partial charge in [0, 0.05) is 19.3 Å². The maximum Gasteiger partial charge on any atom is 0.472 e. The number of carbonyl (C=O) groups is 3. The summed E-state index contributed by atoms with van der Waals surface area (Å²) in [5.74, 6) is -1.23. The molecule has 1 rings (SSSR count). The lowest BCUT2D eigenvalue weighted by molar-refractivity contribution is -0.216. The molecular weight excluding hydrogens is 874 g/mol. The van der Waals surface area contributed by atoms with Gasteiger partial charge in [0.05, 0.1) is 6.61 Å². The van der Waals surface area contributed by atoms with Crippen molar-refractivity contribution in [2.45, 2.75) is 230 Å². The maximum absolute atomic E-state index is 13.0. The minimum Gasteiger partial charge on any atom is -0.462 e. The summed E-state index contributed by atoms with van der Waals surface area (Å²) in [5.41, 5.74) is 0. The van der Waals surface area contributed by atoms with Crippen molar-refractivity contribution >= 4 is 33.4 Å². The Bertz CT molecular complexity index is 1400. The molecule has 64 heavy (non-hydrogen) atoms. The standard InChI is InChI=1S/C45H82O17P2/c1-3-5-7-9-11-12-13-14-15-16-17-18-20-24-29-33-39(48)60-37(34-58-38(47)32-28-25-21-23-27-31-36(46)30-26-22-19-10-8-6-4-2)35-59-64(56,57)62-45-42(51)40(49)41(50)44(43(45)52)61-63(53,54)55/h19,22,26,30,37,40-45,49-52H,3-18,20-21,23-25,27-29,31-35H2,1-2H3,(H,56,57)(H2,53,54,55)/b22-19-,30-26+/t37-,40?,41?,42?,43?,44-,45+/m1/s1. The predicted octanol–water partition coefficient (Wildman–Crippen LogP) is 8.13. The Morgan fingerprint density at radius 1 is 0.531 bits per heavy atom. The van der Waals surface area contributed by atoms with Crippen molar-refractivity contribution in [2.75, 3.05) is 13.2 Å². The van der Waals surface area contributed by atoms with Gasteiger partial charge in [-0.1, -0.05) is 154 Å². The molecule has 0 heterocycles. The predicted molar refractivity (Wildman–Crippen MR) is 242 cm³/mol. The Morgan fingerprint density at radius 3 is 1.50 bits per heavy atom. The van der Waals surface area contributed by atoms with Crippen LogP contribution in [0.25, 0.3) is 0 Å². The topological polar surface area (TPSA) is 273 Å². The molecule has 0 aliphatic heterocycles. The smallest absolute Gasteiger partial charge is 0.462 e. The van der Waals surface area contributed by atoms with Crippen LogP contribution in [0.4, 0.5) is 0 Å². The van der Waals surface area contributed by atoms with Crippen LogP contribution in [0.2, 0.25) is 0 Å². The van der Waals surface area contributed by atoms with Crippen LogP contribution in [0, 0.1) is 0 Å². The fourth-order valence-corrected chi connectivity index (χ4v) is 8.78. The molecule has 0 amide bonds. The number of unbranched alkanes of at least 4 members (excludes halogenated alkanes) is 21. The molecule has 0 spiro atoms. The highest BCUT2D eigenvalue weighted by atomic mass is 31.2. The van der Waals surface area contributed by atoms with Crippen LogP contribution in [-0.2, 0) is 46.6 Å². The first-order chi connectivity index (χ1) is 30.5. The van der Waals surface area contributed by atoms with Gasteiger partial charge < -0.3 is 44.6 Å². The summed E-state index contributed by atoms with van der Waals surface area (Å²) in [6.45, 7) is 2.96. The van der Waals surface area contributed by atoms with Crippen LogP contribution in [0.5, 0.6) is 0 Å². The fourth-order valence-electron chi connectivity index (χ4n) is 7.24. The number of phosphoric acid groups is 2. The number of aliphatic hydroxyl groups excluding tert-OH is 4. The number of aliphatic hydroxyl groups is 4. The second kappa shape index (κ2) is 36.2. The van der Waals surface area contributed by atoms with Crippen molar-refractivity contribution in [1.29, 1.82) is 0 Å². The van der Waals surface area contributed by atoms with Gasteiger partial charge in [0.15, 0.2) is 11.9 Å². The number of phosphoric ester groups is 2. The van der Waals surface area contributed by atoms with Crippen LogP contribution < -0.4 is 0 Å². The van der Waals surface area contributed by atoms with Crippen molar-refractivity contribution in [3.05, 3.63) is 24.3 Å². The molecule has 374 valence electrons. The molecular formula is C45H82O17P2. The first-order valence-corrected chi connectivity index (χ1v) is 26.9. The van der Waals surface area contributed by atoms with E-state index in [1.807, 2.05) is 6.08 Å². The second-order valence-electron chi connectivity index (χ2n) is 16.9. The molecule has 1 aliphatic rings. The van der Waals surface area contributed by atoms with E-state index in [-0.39, 0.29) is 18.6 Å². The normalized spacial score (nSPS) is 21.9. The van der Waals surface area contributed by atoms with Gasteiger partial charge in [0.1, 0.15) is 43.2 Å². The zero-order valence-corrected chi connectivity index (χ0v) is 40.3. The summed E-state index contributed by atoms with van der Waals surface area (Å²) in [7, 11) is -10.7. The summed E-state index contributed by atoms with van der Waals surface area (Å²) in [6, 6.07) is 0. The lowest BCUT2D eigenvalue weighted by atomic mass is 9.85. The van der Waals surface area contributed by atoms with Crippen LogP contribution in [0.3, 0.4) is 0 Å². The van der Waals surface area contributed by atoms with Crippen molar-refractivity contribution in [3.63, 3.8) is 0 Å². The molecule has 7 N–H and O–H groups in total. The number of rotatable bonds is 40. The molecule has 17 nitrogen and oxygen atoms in total. The average Bonchev–Trinajstić information content (AvgIpc) is 3.24. The summed E-state index contributed by atoms with van der Waals surface area (Å²) >= 11 is 0. The zero-order chi connectivity index (χ0) is 47.6. The maximum atomic E-state index is 13.0. The molecule has 0 saturated heterocycles. The number of allylic oxidation sites excluding steroid dienone is 4. The lowest BCUT2D eigenvalue weighted by Crippen LogP contribution is -2.64. The number of carbonyl (C=O) groups excluding carboxylic acids is 3. The third kappa shape index (κ3) is 30.4. The summed E-state index contributed by atoms with van der Waals surface area (Å²) in [6.07, 6.45) is 18.1. The Kier molecular flexibility index (Phi) is 34.1. The van der Waals surface area contributed by atoms with E-state index in [2.05, 4.69) is 24.4 Å². The SMILES string of the molecule is CCCCC/C=C\C=C\C(=O)CCCCCCCC(=O)OC[C@H](COP(=O)(O)O[C@H]1C(O)C(O)C(O)[C@@H](OP(=O)(O)O)C1O)OC(=O)CCCCCCCCCCCCCCCCC.